The number of ether oxygens (including phenoxy) is 1. The van der Waals surface area contributed by atoms with Gasteiger partial charge in [-0.2, -0.15) is 0 Å². The fourth-order valence-corrected chi connectivity index (χ4v) is 3.44. The molecule has 8 nitrogen and oxygen atoms in total. The topological polar surface area (TPSA) is 79.7 Å². The number of aromatic nitrogens is 2. The molecule has 3 heterocycles. The molecule has 2 aliphatic rings. The molecule has 0 bridgehead atoms. The van der Waals surface area contributed by atoms with Gasteiger partial charge in [0.15, 0.2) is 0 Å². The van der Waals surface area contributed by atoms with Gasteiger partial charge >= 0.3 is 0 Å². The van der Waals surface area contributed by atoms with Crippen LogP contribution in [0.4, 0.5) is 0 Å². The summed E-state index contributed by atoms with van der Waals surface area (Å²) in [5.74, 6) is -0.0154. The number of fused-ring (bicyclic) bond motifs is 1. The molecule has 2 amide bonds. The zero-order chi connectivity index (χ0) is 17.8. The fraction of sp³-hybridized carbons (Fsp3) is 0.706. The summed E-state index contributed by atoms with van der Waals surface area (Å²) >= 11 is 0. The Bertz CT molecular complexity index is 622. The molecule has 2 aliphatic heterocycles. The molecule has 138 valence electrons. The van der Waals surface area contributed by atoms with E-state index in [1.807, 2.05) is 9.47 Å². The van der Waals surface area contributed by atoms with Crippen LogP contribution < -0.4 is 5.32 Å². The average Bonchev–Trinajstić information content (AvgIpc) is 3.05. The minimum absolute atomic E-state index is 0.0184. The summed E-state index contributed by atoms with van der Waals surface area (Å²) in [6.07, 6.45) is 3.15. The van der Waals surface area contributed by atoms with E-state index in [-0.39, 0.29) is 17.7 Å². The van der Waals surface area contributed by atoms with Crippen LogP contribution in [-0.2, 0) is 22.5 Å². The number of nitrogens with zero attached hydrogens (tertiary/aromatic N) is 4. The van der Waals surface area contributed by atoms with Gasteiger partial charge in [0.2, 0.25) is 5.91 Å². The maximum absolute atomic E-state index is 12.8. The molecule has 3 rings (SSSR count). The van der Waals surface area contributed by atoms with Gasteiger partial charge in [0.25, 0.3) is 5.91 Å². The van der Waals surface area contributed by atoms with Gasteiger partial charge in [0.1, 0.15) is 5.69 Å². The standard InChI is InChI=1S/C17H27N5O3/c1-20-6-8-21(9-7-20)17(24)15-14-4-3-13(11-22(14)12-19-15)16(23)18-5-10-25-2/h12-13H,3-11H2,1-2H3,(H,18,23). The first-order chi connectivity index (χ1) is 12.1. The van der Waals surface area contributed by atoms with Crippen molar-refractivity contribution in [2.75, 3.05) is 53.5 Å². The molecule has 0 aromatic carbocycles. The monoisotopic (exact) mass is 349 g/mol. The Balaban J connectivity index is 1.62. The first-order valence-corrected chi connectivity index (χ1v) is 8.88. The molecule has 1 aromatic heterocycles. The molecule has 1 N–H and O–H groups in total. The molecule has 0 radical (unpaired) electrons. The number of rotatable bonds is 5. The Kier molecular flexibility index (Phi) is 5.70. The summed E-state index contributed by atoms with van der Waals surface area (Å²) < 4.78 is 6.92. The van der Waals surface area contributed by atoms with Crippen LogP contribution in [0.2, 0.25) is 0 Å². The SMILES string of the molecule is COCCNC(=O)C1CCc2c(C(=O)N3CCN(C)CC3)ncn2C1. The highest BCUT2D eigenvalue weighted by atomic mass is 16.5. The largest absolute Gasteiger partial charge is 0.383 e. The van der Waals surface area contributed by atoms with Crippen molar-refractivity contribution in [1.29, 1.82) is 0 Å². The van der Waals surface area contributed by atoms with Gasteiger partial charge < -0.3 is 24.4 Å². The predicted octanol–water partition coefficient (Wildman–Crippen LogP) is -0.404. The van der Waals surface area contributed by atoms with Gasteiger partial charge in [-0.1, -0.05) is 0 Å². The second-order valence-corrected chi connectivity index (χ2v) is 6.81. The number of likely N-dealkylation sites (N-methyl/N-ethyl adjacent to an activating group) is 1. The van der Waals surface area contributed by atoms with Crippen LogP contribution in [0.15, 0.2) is 6.33 Å². The van der Waals surface area contributed by atoms with Crippen LogP contribution in [0.25, 0.3) is 0 Å². The maximum Gasteiger partial charge on any atom is 0.274 e. The van der Waals surface area contributed by atoms with E-state index in [1.165, 1.54) is 0 Å². The summed E-state index contributed by atoms with van der Waals surface area (Å²) in [7, 11) is 3.68. The fourth-order valence-electron chi connectivity index (χ4n) is 3.44. The number of methoxy groups -OCH3 is 1. The van der Waals surface area contributed by atoms with Crippen LogP contribution in [0.5, 0.6) is 0 Å². The first-order valence-electron chi connectivity index (χ1n) is 8.88. The van der Waals surface area contributed by atoms with Gasteiger partial charge in [0, 0.05) is 46.4 Å². The van der Waals surface area contributed by atoms with Crippen molar-refractivity contribution in [3.8, 4) is 0 Å². The number of hydrogen-bond acceptors (Lipinski definition) is 5. The zero-order valence-electron chi connectivity index (χ0n) is 15.0. The van der Waals surface area contributed by atoms with E-state index in [9.17, 15) is 9.59 Å². The minimum atomic E-state index is -0.0786. The Labute approximate surface area is 148 Å². The van der Waals surface area contributed by atoms with E-state index >= 15 is 0 Å². The first kappa shape index (κ1) is 17.9. The molecule has 25 heavy (non-hydrogen) atoms. The number of nitrogens with one attached hydrogen (secondary N) is 1. The molecular weight excluding hydrogens is 322 g/mol. The molecule has 0 spiro atoms. The highest BCUT2D eigenvalue weighted by molar-refractivity contribution is 5.93. The van der Waals surface area contributed by atoms with Crippen molar-refractivity contribution in [2.45, 2.75) is 19.4 Å². The lowest BCUT2D eigenvalue weighted by Gasteiger charge is -2.32. The molecule has 0 aliphatic carbocycles. The lowest BCUT2D eigenvalue weighted by atomic mass is 9.96. The van der Waals surface area contributed by atoms with E-state index in [1.54, 1.807) is 13.4 Å². The van der Waals surface area contributed by atoms with Crippen LogP contribution in [0, 0.1) is 5.92 Å². The quantitative estimate of drug-likeness (QED) is 0.732. The molecule has 0 saturated carbocycles. The van der Waals surface area contributed by atoms with Crippen molar-refractivity contribution in [3.63, 3.8) is 0 Å². The Morgan fingerprint density at radius 1 is 1.32 bits per heavy atom. The van der Waals surface area contributed by atoms with Crippen LogP contribution in [0.3, 0.4) is 0 Å². The average molecular weight is 349 g/mol. The van der Waals surface area contributed by atoms with Crippen LogP contribution >= 0.6 is 0 Å². The van der Waals surface area contributed by atoms with Gasteiger partial charge in [0.05, 0.1) is 24.5 Å². The van der Waals surface area contributed by atoms with Crippen LogP contribution in [-0.4, -0.2) is 84.7 Å². The Morgan fingerprint density at radius 3 is 2.80 bits per heavy atom. The number of amides is 2. The van der Waals surface area contributed by atoms with Gasteiger partial charge in [-0.3, -0.25) is 9.59 Å². The predicted molar refractivity (Wildman–Crippen MR) is 92.3 cm³/mol. The Hall–Kier alpha value is -1.93. The third kappa shape index (κ3) is 4.01. The highest BCUT2D eigenvalue weighted by Crippen LogP contribution is 2.23. The normalized spacial score (nSPS) is 21.0. The number of hydrogen-bond donors (Lipinski definition) is 1. The maximum atomic E-state index is 12.8. The number of piperazine rings is 1. The zero-order valence-corrected chi connectivity index (χ0v) is 15.0. The summed E-state index contributed by atoms with van der Waals surface area (Å²) in [4.78, 5) is 33.5. The summed E-state index contributed by atoms with van der Waals surface area (Å²) in [5, 5.41) is 2.89. The third-order valence-electron chi connectivity index (χ3n) is 5.06. The van der Waals surface area contributed by atoms with Gasteiger partial charge in [-0.25, -0.2) is 4.98 Å². The van der Waals surface area contributed by atoms with Crippen molar-refractivity contribution < 1.29 is 14.3 Å². The lowest BCUT2D eigenvalue weighted by Crippen LogP contribution is -2.47. The molecule has 1 atom stereocenters. The van der Waals surface area contributed by atoms with Crippen molar-refractivity contribution >= 4 is 11.8 Å². The lowest BCUT2D eigenvalue weighted by molar-refractivity contribution is -0.126. The highest BCUT2D eigenvalue weighted by Gasteiger charge is 2.30. The summed E-state index contributed by atoms with van der Waals surface area (Å²) in [6, 6.07) is 0. The third-order valence-corrected chi connectivity index (χ3v) is 5.06. The number of carbonyl (C=O) groups is 2. The van der Waals surface area contributed by atoms with Gasteiger partial charge in [-0.15, -0.1) is 0 Å². The van der Waals surface area contributed by atoms with E-state index in [0.29, 0.717) is 31.8 Å². The molecule has 1 aromatic rings. The molecule has 1 fully saturated rings. The smallest absolute Gasteiger partial charge is 0.274 e. The van der Waals surface area contributed by atoms with E-state index in [4.69, 9.17) is 4.74 Å². The van der Waals surface area contributed by atoms with E-state index < -0.39 is 0 Å². The van der Waals surface area contributed by atoms with Crippen molar-refractivity contribution in [1.82, 2.24) is 24.7 Å². The van der Waals surface area contributed by atoms with E-state index in [0.717, 1.165) is 38.3 Å². The molecular formula is C17H27N5O3. The second kappa shape index (κ2) is 7.97. The Morgan fingerprint density at radius 2 is 2.08 bits per heavy atom. The number of carbonyl (C=O) groups excluding carboxylic acids is 2. The molecule has 8 heteroatoms. The van der Waals surface area contributed by atoms with E-state index in [2.05, 4.69) is 22.2 Å². The molecule has 1 saturated heterocycles. The van der Waals surface area contributed by atoms with Gasteiger partial charge in [-0.05, 0) is 19.9 Å². The minimum Gasteiger partial charge on any atom is -0.383 e. The number of imidazole rings is 1. The molecule has 1 unspecified atom stereocenters. The van der Waals surface area contributed by atoms with Crippen molar-refractivity contribution in [3.05, 3.63) is 17.7 Å². The second-order valence-electron chi connectivity index (χ2n) is 6.81. The van der Waals surface area contributed by atoms with Crippen molar-refractivity contribution in [2.24, 2.45) is 5.92 Å². The summed E-state index contributed by atoms with van der Waals surface area (Å²) in [6.45, 7) is 4.89. The van der Waals surface area contributed by atoms with Crippen LogP contribution in [0.1, 0.15) is 22.6 Å². The summed E-state index contributed by atoms with van der Waals surface area (Å²) in [5.41, 5.74) is 1.52.